The average Bonchev–Trinajstić information content (AvgIpc) is 3.65. The van der Waals surface area contributed by atoms with E-state index in [1.54, 1.807) is 26.0 Å². The molecule has 1 aliphatic heterocycles. The quantitative estimate of drug-likeness (QED) is 0.146. The van der Waals surface area contributed by atoms with Gasteiger partial charge in [-0.3, -0.25) is 14.5 Å². The van der Waals surface area contributed by atoms with Crippen LogP contribution >= 0.6 is 0 Å². The Labute approximate surface area is 276 Å². The van der Waals surface area contributed by atoms with Crippen molar-refractivity contribution in [2.24, 2.45) is 17.3 Å². The fourth-order valence-corrected chi connectivity index (χ4v) is 6.16. The van der Waals surface area contributed by atoms with E-state index in [1.165, 1.54) is 49.8 Å². The predicted octanol–water partition coefficient (Wildman–Crippen LogP) is 5.66. The van der Waals surface area contributed by atoms with E-state index in [0.717, 1.165) is 45.3 Å². The molecule has 1 saturated carbocycles. The van der Waals surface area contributed by atoms with Gasteiger partial charge in [0, 0.05) is 43.1 Å². The van der Waals surface area contributed by atoms with Gasteiger partial charge in [0.25, 0.3) is 0 Å². The van der Waals surface area contributed by atoms with Crippen LogP contribution in [0.1, 0.15) is 20.3 Å². The van der Waals surface area contributed by atoms with Crippen molar-refractivity contribution in [2.75, 3.05) is 57.2 Å². The molecule has 1 aliphatic carbocycles. The summed E-state index contributed by atoms with van der Waals surface area (Å²) >= 11 is 0. The third-order valence-corrected chi connectivity index (χ3v) is 9.19. The van der Waals surface area contributed by atoms with Crippen LogP contribution in [0.25, 0.3) is 10.9 Å². The van der Waals surface area contributed by atoms with Crippen molar-refractivity contribution in [3.05, 3.63) is 72.6 Å². The molecule has 252 valence electrons. The molecule has 2 atom stereocenters. The lowest BCUT2D eigenvalue weighted by Crippen LogP contribution is -2.38. The molecule has 2 N–H and O–H groups in total. The summed E-state index contributed by atoms with van der Waals surface area (Å²) in [5.41, 5.74) is -0.338. The summed E-state index contributed by atoms with van der Waals surface area (Å²) < 4.78 is 51.5. The van der Waals surface area contributed by atoms with E-state index in [9.17, 15) is 14.0 Å². The van der Waals surface area contributed by atoms with Crippen molar-refractivity contribution in [2.45, 2.75) is 20.3 Å². The maximum atomic E-state index is 15.4. The number of hydrogen-bond donors (Lipinski definition) is 2. The van der Waals surface area contributed by atoms with Crippen LogP contribution in [-0.4, -0.2) is 73.2 Å². The van der Waals surface area contributed by atoms with Gasteiger partial charge in [-0.05, 0) is 60.7 Å². The predicted molar refractivity (Wildman–Crippen MR) is 174 cm³/mol. The third kappa shape index (κ3) is 6.74. The number of amides is 2. The number of benzene rings is 3. The summed E-state index contributed by atoms with van der Waals surface area (Å²) in [6.07, 6.45) is 2.14. The Morgan fingerprint density at radius 1 is 0.917 bits per heavy atom. The van der Waals surface area contributed by atoms with Crippen molar-refractivity contribution in [1.82, 2.24) is 14.9 Å². The zero-order valence-corrected chi connectivity index (χ0v) is 26.9. The number of aromatic nitrogens is 2. The Bertz CT molecular complexity index is 1790. The smallest absolute Gasteiger partial charge is 0.240 e. The third-order valence-electron chi connectivity index (χ3n) is 9.19. The molecule has 0 bridgehead atoms. The topological polar surface area (TPSA) is 124 Å². The van der Waals surface area contributed by atoms with Crippen molar-refractivity contribution in [3.63, 3.8) is 0 Å². The molecule has 4 aromatic rings. The van der Waals surface area contributed by atoms with Crippen molar-refractivity contribution in [3.8, 4) is 23.1 Å². The van der Waals surface area contributed by atoms with Gasteiger partial charge in [-0.2, -0.15) is 0 Å². The molecule has 13 heteroatoms. The van der Waals surface area contributed by atoms with Crippen molar-refractivity contribution < 1.29 is 37.3 Å². The van der Waals surface area contributed by atoms with Gasteiger partial charge >= 0.3 is 0 Å². The number of rotatable bonds is 12. The Kier molecular flexibility index (Phi) is 9.69. The first-order valence-corrected chi connectivity index (χ1v) is 15.8. The molecule has 6 rings (SSSR count). The highest BCUT2D eigenvalue weighted by molar-refractivity contribution is 6.17. The summed E-state index contributed by atoms with van der Waals surface area (Å²) in [7, 11) is 1.53. The lowest BCUT2D eigenvalue weighted by molar-refractivity contribution is -0.132. The number of halogens is 2. The number of carbonyl (C=O) groups is 2. The molecule has 11 nitrogen and oxygen atoms in total. The molecule has 1 saturated heterocycles. The van der Waals surface area contributed by atoms with Crippen LogP contribution in [0.3, 0.4) is 0 Å². The molecule has 2 unspecified atom stereocenters. The van der Waals surface area contributed by atoms with Gasteiger partial charge in [0.1, 0.15) is 17.6 Å². The monoisotopic (exact) mass is 661 g/mol. The van der Waals surface area contributed by atoms with E-state index in [4.69, 9.17) is 18.9 Å². The summed E-state index contributed by atoms with van der Waals surface area (Å²) in [5.74, 6) is -1.88. The highest BCUT2D eigenvalue weighted by atomic mass is 19.1. The molecule has 1 aromatic heterocycles. The number of fused-ring (bicyclic) bond motifs is 1. The number of nitrogens with one attached hydrogen (secondary N) is 2. The van der Waals surface area contributed by atoms with E-state index in [-0.39, 0.29) is 29.2 Å². The Balaban J connectivity index is 1.13. The van der Waals surface area contributed by atoms with Crippen LogP contribution in [-0.2, 0) is 14.3 Å². The molecule has 2 aliphatic rings. The van der Waals surface area contributed by atoms with Crippen LogP contribution in [0.4, 0.5) is 20.2 Å². The van der Waals surface area contributed by atoms with Crippen molar-refractivity contribution in [1.29, 1.82) is 0 Å². The largest absolute Gasteiger partial charge is 0.493 e. The minimum atomic E-state index is -1.37. The first-order chi connectivity index (χ1) is 23.2. The number of methoxy groups -OCH3 is 1. The van der Waals surface area contributed by atoms with Crippen molar-refractivity contribution >= 4 is 34.1 Å². The molecule has 2 heterocycles. The summed E-state index contributed by atoms with van der Waals surface area (Å²) in [4.78, 5) is 37.6. The molecule has 2 fully saturated rings. The van der Waals surface area contributed by atoms with Crippen LogP contribution in [0.5, 0.6) is 23.1 Å². The summed E-state index contributed by atoms with van der Waals surface area (Å²) in [6, 6.07) is 12.7. The van der Waals surface area contributed by atoms with E-state index < -0.39 is 28.9 Å². The van der Waals surface area contributed by atoms with Gasteiger partial charge in [-0.1, -0.05) is 13.8 Å². The molecular formula is C35H37F2N5O6. The average molecular weight is 662 g/mol. The zero-order valence-electron chi connectivity index (χ0n) is 26.9. The minimum absolute atomic E-state index is 0.102. The Hall–Kier alpha value is -4.88. The minimum Gasteiger partial charge on any atom is -0.493 e. The summed E-state index contributed by atoms with van der Waals surface area (Å²) in [5, 5.41) is 5.87. The second-order valence-electron chi connectivity index (χ2n) is 12.0. The molecule has 2 amide bonds. The zero-order chi connectivity index (χ0) is 33.8. The number of morpholine rings is 1. The fourth-order valence-electron chi connectivity index (χ4n) is 6.16. The SMILES string of the molecule is COc1cc2c(Oc3ccc(NC(=O)C4(C(=O)Nc5ccc(F)cc5)C(C)C4C)cc3F)ncnc2cc1OCCCN1CCOCC1. The normalized spacial score (nSPS) is 20.6. The van der Waals surface area contributed by atoms with E-state index in [1.807, 2.05) is 0 Å². The first kappa shape index (κ1) is 33.0. The first-order valence-electron chi connectivity index (χ1n) is 15.8. The maximum absolute atomic E-state index is 15.4. The number of anilines is 2. The van der Waals surface area contributed by atoms with Gasteiger partial charge in [-0.15, -0.1) is 0 Å². The number of nitrogens with zero attached hydrogens (tertiary/aromatic N) is 3. The number of ether oxygens (including phenoxy) is 4. The number of carbonyl (C=O) groups excluding carboxylic acids is 2. The Morgan fingerprint density at radius 3 is 2.27 bits per heavy atom. The highest BCUT2D eigenvalue weighted by Gasteiger charge is 2.69. The van der Waals surface area contributed by atoms with E-state index in [0.29, 0.717) is 34.7 Å². The lowest BCUT2D eigenvalue weighted by Gasteiger charge is -2.26. The van der Waals surface area contributed by atoms with Crippen LogP contribution in [0.2, 0.25) is 0 Å². The maximum Gasteiger partial charge on any atom is 0.240 e. The highest BCUT2D eigenvalue weighted by Crippen LogP contribution is 2.59. The van der Waals surface area contributed by atoms with Crippen LogP contribution < -0.4 is 24.8 Å². The van der Waals surface area contributed by atoms with Gasteiger partial charge < -0.3 is 29.6 Å². The molecule has 0 radical (unpaired) electrons. The fraction of sp³-hybridized carbons (Fsp3) is 0.371. The second kappa shape index (κ2) is 14.1. The Morgan fingerprint density at radius 2 is 1.60 bits per heavy atom. The second-order valence-corrected chi connectivity index (χ2v) is 12.0. The van der Waals surface area contributed by atoms with Gasteiger partial charge in [0.2, 0.25) is 17.7 Å². The molecule has 48 heavy (non-hydrogen) atoms. The molecular weight excluding hydrogens is 624 g/mol. The van der Waals surface area contributed by atoms with E-state index >= 15 is 4.39 Å². The van der Waals surface area contributed by atoms with Gasteiger partial charge in [0.05, 0.1) is 37.8 Å². The number of hydrogen-bond acceptors (Lipinski definition) is 9. The van der Waals surface area contributed by atoms with Gasteiger partial charge in [-0.25, -0.2) is 18.7 Å². The van der Waals surface area contributed by atoms with Crippen LogP contribution in [0.15, 0.2) is 60.9 Å². The molecule has 0 spiro atoms. The molecule has 3 aromatic carbocycles. The van der Waals surface area contributed by atoms with E-state index in [2.05, 4.69) is 25.5 Å². The summed E-state index contributed by atoms with van der Waals surface area (Å²) in [6.45, 7) is 8.30. The van der Waals surface area contributed by atoms with Crippen LogP contribution in [0, 0.1) is 28.9 Å². The van der Waals surface area contributed by atoms with Gasteiger partial charge in [0.15, 0.2) is 23.1 Å². The standard InChI is InChI=1S/C35H37F2N5O6/c1-21-22(2)35(21,33(43)40-24-7-5-23(36)6-8-24)34(44)41-25-9-10-29(27(37)17-25)48-32-26-18-30(45-3)31(19-28(26)38-20-39-32)47-14-4-11-42-12-15-46-16-13-42/h5-10,17-22H,4,11-16H2,1-3H3,(H,40,43)(H,41,44). The lowest BCUT2D eigenvalue weighted by atomic mass is 9.99.